The fraction of sp³-hybridized carbons (Fsp3) is 0.652. The number of hydrogen-bond donors (Lipinski definition) is 3. The molecule has 4 amide bonds. The summed E-state index contributed by atoms with van der Waals surface area (Å²) in [5.41, 5.74) is 0.808. The van der Waals surface area contributed by atoms with E-state index in [2.05, 4.69) is 16.0 Å². The van der Waals surface area contributed by atoms with Crippen molar-refractivity contribution in [2.24, 2.45) is 5.92 Å². The fourth-order valence-electron chi connectivity index (χ4n) is 3.98. The first kappa shape index (κ1) is 24.8. The summed E-state index contributed by atoms with van der Waals surface area (Å²) in [6.07, 6.45) is 9.40. The topological polar surface area (TPSA) is 73.5 Å². The first-order valence-electron chi connectivity index (χ1n) is 10.4. The van der Waals surface area contributed by atoms with Crippen molar-refractivity contribution in [2.75, 3.05) is 25.0 Å². The number of carbonyl (C=O) groups excluding carboxylic acids is 2. The van der Waals surface area contributed by atoms with Crippen LogP contribution in [-0.4, -0.2) is 42.6 Å². The van der Waals surface area contributed by atoms with Gasteiger partial charge in [0.1, 0.15) is 0 Å². The number of rotatable bonds is 4. The molecular formula is C23H40N4O2. The van der Waals surface area contributed by atoms with Crippen molar-refractivity contribution in [3.63, 3.8) is 0 Å². The Bertz CT molecular complexity index is 600. The summed E-state index contributed by atoms with van der Waals surface area (Å²) in [5.74, 6) is 0.314. The van der Waals surface area contributed by atoms with Crippen LogP contribution in [0.3, 0.4) is 0 Å². The van der Waals surface area contributed by atoms with Crippen molar-refractivity contribution >= 4 is 17.7 Å². The zero-order chi connectivity index (χ0) is 18.9. The zero-order valence-corrected chi connectivity index (χ0v) is 16.1. The Hall–Kier alpha value is -2.24. The van der Waals surface area contributed by atoms with Crippen LogP contribution in [0.15, 0.2) is 30.3 Å². The van der Waals surface area contributed by atoms with Crippen LogP contribution in [0.4, 0.5) is 15.3 Å². The van der Waals surface area contributed by atoms with E-state index < -0.39 is 0 Å². The standard InChI is InChI=1S/C21H32N4O2.2CH4/c26-20(23-18-9-5-2-1-3-6-10-18)22-15-17-13-14-25(16-17)21(27)24-19-11-7-4-8-12-19;;/h4,7-8,11-12,17-18H,1-3,5-6,9-10,13-16H2,(H,24,27)(H2,22,23,26);2*1H4. The molecule has 1 aliphatic carbocycles. The van der Waals surface area contributed by atoms with E-state index >= 15 is 0 Å². The fourth-order valence-corrected chi connectivity index (χ4v) is 3.98. The van der Waals surface area contributed by atoms with Gasteiger partial charge in [0.25, 0.3) is 0 Å². The van der Waals surface area contributed by atoms with Crippen LogP contribution in [0.25, 0.3) is 0 Å². The average Bonchev–Trinajstić information content (AvgIpc) is 3.12. The van der Waals surface area contributed by atoms with E-state index in [0.717, 1.165) is 31.5 Å². The van der Waals surface area contributed by atoms with Gasteiger partial charge in [-0.05, 0) is 37.3 Å². The Morgan fingerprint density at radius 1 is 0.931 bits per heavy atom. The van der Waals surface area contributed by atoms with Crippen molar-refractivity contribution < 1.29 is 9.59 Å². The Balaban J connectivity index is 0.00000210. The molecule has 1 saturated carbocycles. The molecule has 1 unspecified atom stereocenters. The molecule has 0 aromatic heterocycles. The summed E-state index contributed by atoms with van der Waals surface area (Å²) in [5, 5.41) is 9.06. The molecule has 6 heteroatoms. The molecule has 0 spiro atoms. The largest absolute Gasteiger partial charge is 0.338 e. The van der Waals surface area contributed by atoms with Gasteiger partial charge in [-0.15, -0.1) is 0 Å². The van der Waals surface area contributed by atoms with Gasteiger partial charge in [-0.1, -0.05) is 65.2 Å². The van der Waals surface area contributed by atoms with Gasteiger partial charge in [-0.3, -0.25) is 0 Å². The van der Waals surface area contributed by atoms with Crippen LogP contribution in [0.2, 0.25) is 0 Å². The third kappa shape index (κ3) is 8.34. The van der Waals surface area contributed by atoms with E-state index in [1.54, 1.807) is 0 Å². The Labute approximate surface area is 176 Å². The monoisotopic (exact) mass is 404 g/mol. The summed E-state index contributed by atoms with van der Waals surface area (Å²) in [4.78, 5) is 26.4. The zero-order valence-electron chi connectivity index (χ0n) is 16.1. The molecule has 3 rings (SSSR count). The second-order valence-electron chi connectivity index (χ2n) is 7.79. The van der Waals surface area contributed by atoms with Crippen molar-refractivity contribution in [2.45, 2.75) is 72.3 Å². The van der Waals surface area contributed by atoms with Gasteiger partial charge in [0.05, 0.1) is 0 Å². The molecule has 164 valence electrons. The smallest absolute Gasteiger partial charge is 0.321 e. The van der Waals surface area contributed by atoms with Gasteiger partial charge >= 0.3 is 12.1 Å². The molecule has 3 N–H and O–H groups in total. The second-order valence-corrected chi connectivity index (χ2v) is 7.79. The molecular weight excluding hydrogens is 364 g/mol. The summed E-state index contributed by atoms with van der Waals surface area (Å²) in [7, 11) is 0. The molecule has 1 heterocycles. The molecule has 1 aliphatic heterocycles. The lowest BCUT2D eigenvalue weighted by Gasteiger charge is -2.22. The first-order chi connectivity index (χ1) is 13.2. The molecule has 0 radical (unpaired) electrons. The van der Waals surface area contributed by atoms with Crippen LogP contribution >= 0.6 is 0 Å². The van der Waals surface area contributed by atoms with E-state index in [1.807, 2.05) is 35.2 Å². The minimum absolute atomic E-state index is 0. The van der Waals surface area contributed by atoms with E-state index in [0.29, 0.717) is 25.0 Å². The highest BCUT2D eigenvalue weighted by atomic mass is 16.2. The highest BCUT2D eigenvalue weighted by molar-refractivity contribution is 5.89. The normalized spacial score (nSPS) is 19.7. The molecule has 1 atom stereocenters. The summed E-state index contributed by atoms with van der Waals surface area (Å²) in [6.45, 7) is 2.03. The lowest BCUT2D eigenvalue weighted by atomic mass is 9.97. The summed E-state index contributed by atoms with van der Waals surface area (Å²) < 4.78 is 0. The van der Waals surface area contributed by atoms with Crippen molar-refractivity contribution in [1.29, 1.82) is 0 Å². The van der Waals surface area contributed by atoms with Gasteiger partial charge in [0, 0.05) is 31.4 Å². The number of anilines is 1. The van der Waals surface area contributed by atoms with Crippen LogP contribution in [-0.2, 0) is 0 Å². The lowest BCUT2D eigenvalue weighted by molar-refractivity contribution is 0.220. The maximum Gasteiger partial charge on any atom is 0.321 e. The average molecular weight is 405 g/mol. The molecule has 2 aliphatic rings. The van der Waals surface area contributed by atoms with Crippen LogP contribution in [0, 0.1) is 5.92 Å². The molecule has 1 aromatic carbocycles. The van der Waals surface area contributed by atoms with Crippen molar-refractivity contribution in [3.05, 3.63) is 30.3 Å². The predicted octanol–water partition coefficient (Wildman–Crippen LogP) is 5.22. The van der Waals surface area contributed by atoms with Crippen molar-refractivity contribution in [1.82, 2.24) is 15.5 Å². The SMILES string of the molecule is C.C.O=C(NCC1CCN(C(=O)Nc2ccccc2)C1)NC1CCCCCCC1. The molecule has 6 nitrogen and oxygen atoms in total. The van der Waals surface area contributed by atoms with Crippen LogP contribution < -0.4 is 16.0 Å². The molecule has 1 saturated heterocycles. The maximum atomic E-state index is 12.3. The van der Waals surface area contributed by atoms with E-state index in [9.17, 15) is 9.59 Å². The second kappa shape index (κ2) is 13.1. The number of nitrogens with zero attached hydrogens (tertiary/aromatic N) is 1. The highest BCUT2D eigenvalue weighted by Gasteiger charge is 2.26. The van der Waals surface area contributed by atoms with Gasteiger partial charge in [-0.25, -0.2) is 9.59 Å². The molecule has 1 aromatic rings. The molecule has 0 bridgehead atoms. The minimum Gasteiger partial charge on any atom is -0.338 e. The minimum atomic E-state index is -0.0670. The van der Waals surface area contributed by atoms with Gasteiger partial charge < -0.3 is 20.9 Å². The van der Waals surface area contributed by atoms with Crippen LogP contribution in [0.5, 0.6) is 0 Å². The van der Waals surface area contributed by atoms with Crippen LogP contribution in [0.1, 0.15) is 66.2 Å². The van der Waals surface area contributed by atoms with Crippen molar-refractivity contribution in [3.8, 4) is 0 Å². The number of nitrogens with one attached hydrogen (secondary N) is 3. The van der Waals surface area contributed by atoms with E-state index in [-0.39, 0.29) is 26.9 Å². The van der Waals surface area contributed by atoms with Gasteiger partial charge in [0.15, 0.2) is 0 Å². The Morgan fingerprint density at radius 3 is 2.28 bits per heavy atom. The van der Waals surface area contributed by atoms with E-state index in [4.69, 9.17) is 0 Å². The third-order valence-corrected chi connectivity index (χ3v) is 5.59. The number of benzene rings is 1. The number of urea groups is 2. The quantitative estimate of drug-likeness (QED) is 0.643. The number of amides is 4. The predicted molar refractivity (Wildman–Crippen MR) is 121 cm³/mol. The third-order valence-electron chi connectivity index (χ3n) is 5.59. The molecule has 2 fully saturated rings. The summed E-state index contributed by atoms with van der Waals surface area (Å²) >= 11 is 0. The number of para-hydroxylation sites is 1. The van der Waals surface area contributed by atoms with Gasteiger partial charge in [-0.2, -0.15) is 0 Å². The first-order valence-corrected chi connectivity index (χ1v) is 10.4. The van der Waals surface area contributed by atoms with Gasteiger partial charge in [0.2, 0.25) is 0 Å². The molecule has 29 heavy (non-hydrogen) atoms. The maximum absolute atomic E-state index is 12.3. The Morgan fingerprint density at radius 2 is 1.59 bits per heavy atom. The lowest BCUT2D eigenvalue weighted by Crippen LogP contribution is -2.44. The summed E-state index contributed by atoms with van der Waals surface area (Å²) in [6, 6.07) is 9.67. The number of likely N-dealkylation sites (tertiary alicyclic amines) is 1. The highest BCUT2D eigenvalue weighted by Crippen LogP contribution is 2.18. The number of carbonyl (C=O) groups is 2. The number of hydrogen-bond acceptors (Lipinski definition) is 2. The van der Waals surface area contributed by atoms with E-state index in [1.165, 1.54) is 32.1 Å². The Kier molecular flexibility index (Phi) is 11.2.